The number of aryl methyl sites for hydroxylation is 1. The Morgan fingerprint density at radius 3 is 2.85 bits per heavy atom. The van der Waals surface area contributed by atoms with Crippen LogP contribution in [0.1, 0.15) is 23.4 Å². The molecule has 1 aromatic rings. The van der Waals surface area contributed by atoms with Gasteiger partial charge in [-0.1, -0.05) is 6.58 Å². The van der Waals surface area contributed by atoms with Crippen LogP contribution in [0.25, 0.3) is 5.57 Å². The molecule has 1 aromatic heterocycles. The van der Waals surface area contributed by atoms with E-state index >= 15 is 0 Å². The monoisotopic (exact) mass is 196 g/mol. The minimum Gasteiger partial charge on any atom is -0.370 e. The van der Waals surface area contributed by atoms with Crippen LogP contribution in [0.2, 0.25) is 0 Å². The van der Waals surface area contributed by atoms with Gasteiger partial charge in [-0.25, -0.2) is 4.98 Å². The number of nitrogens with two attached hydrogens (primary N) is 1. The van der Waals surface area contributed by atoms with E-state index in [1.54, 1.807) is 16.8 Å². The van der Waals surface area contributed by atoms with Gasteiger partial charge < -0.3 is 5.73 Å². The molecule has 1 rings (SSSR count). The molecule has 0 spiro atoms. The second kappa shape index (κ2) is 4.18. The normalized spacial score (nSPS) is 9.92. The lowest BCUT2D eigenvalue weighted by Crippen LogP contribution is -2.09. The highest BCUT2D eigenvalue weighted by Gasteiger charge is 2.06. The topological polar surface area (TPSA) is 56.0 Å². The standard InChI is InChI=1S/C9H12N2OS/c1-6(3-4-8(10)12)9-7(2)11-5-13-9/h5H,1,3-4H2,2H3,(H2,10,12). The van der Waals surface area contributed by atoms with Gasteiger partial charge in [-0.15, -0.1) is 11.3 Å². The number of amides is 1. The zero-order valence-electron chi connectivity index (χ0n) is 7.54. The Morgan fingerprint density at radius 2 is 2.38 bits per heavy atom. The summed E-state index contributed by atoms with van der Waals surface area (Å²) in [5.41, 5.74) is 8.73. The lowest BCUT2D eigenvalue weighted by atomic mass is 10.1. The van der Waals surface area contributed by atoms with Crippen molar-refractivity contribution in [3.8, 4) is 0 Å². The number of allylic oxidation sites excluding steroid dienone is 1. The minimum absolute atomic E-state index is 0.289. The molecule has 0 aromatic carbocycles. The van der Waals surface area contributed by atoms with Crippen LogP contribution in [0, 0.1) is 6.92 Å². The van der Waals surface area contributed by atoms with Crippen LogP contribution in [-0.2, 0) is 4.79 Å². The average Bonchev–Trinajstić information content (AvgIpc) is 2.47. The number of nitrogens with zero attached hydrogens (tertiary/aromatic N) is 1. The van der Waals surface area contributed by atoms with Crippen molar-refractivity contribution in [2.45, 2.75) is 19.8 Å². The molecule has 1 heterocycles. The molecule has 1 amide bonds. The molecule has 13 heavy (non-hydrogen) atoms. The van der Waals surface area contributed by atoms with Crippen molar-refractivity contribution in [2.24, 2.45) is 5.73 Å². The number of aromatic nitrogens is 1. The van der Waals surface area contributed by atoms with E-state index in [9.17, 15) is 4.79 Å². The fourth-order valence-corrected chi connectivity index (χ4v) is 1.84. The third-order valence-electron chi connectivity index (χ3n) is 1.74. The van der Waals surface area contributed by atoms with Gasteiger partial charge in [-0.05, 0) is 18.9 Å². The first-order valence-corrected chi connectivity index (χ1v) is 4.85. The van der Waals surface area contributed by atoms with Crippen LogP contribution in [0.4, 0.5) is 0 Å². The summed E-state index contributed by atoms with van der Waals surface area (Å²) in [7, 11) is 0. The van der Waals surface area contributed by atoms with Crippen molar-refractivity contribution in [1.29, 1.82) is 0 Å². The number of hydrogen-bond acceptors (Lipinski definition) is 3. The second-order valence-electron chi connectivity index (χ2n) is 2.84. The molecule has 4 heteroatoms. The van der Waals surface area contributed by atoms with Gasteiger partial charge in [-0.2, -0.15) is 0 Å². The van der Waals surface area contributed by atoms with E-state index < -0.39 is 0 Å². The maximum Gasteiger partial charge on any atom is 0.217 e. The molecule has 0 aliphatic heterocycles. The van der Waals surface area contributed by atoms with Gasteiger partial charge in [0.25, 0.3) is 0 Å². The van der Waals surface area contributed by atoms with E-state index in [2.05, 4.69) is 11.6 Å². The summed E-state index contributed by atoms with van der Waals surface area (Å²) < 4.78 is 0. The Kier molecular flexibility index (Phi) is 3.19. The van der Waals surface area contributed by atoms with Gasteiger partial charge >= 0.3 is 0 Å². The van der Waals surface area contributed by atoms with E-state index in [-0.39, 0.29) is 5.91 Å². The highest BCUT2D eigenvalue weighted by Crippen LogP contribution is 2.24. The average molecular weight is 196 g/mol. The van der Waals surface area contributed by atoms with Crippen molar-refractivity contribution >= 4 is 22.8 Å². The Balaban J connectivity index is 2.59. The van der Waals surface area contributed by atoms with Crippen molar-refractivity contribution in [3.63, 3.8) is 0 Å². The Labute approximate surface area is 81.3 Å². The number of carbonyl (C=O) groups excluding carboxylic acids is 1. The molecule has 0 fully saturated rings. The van der Waals surface area contributed by atoms with Crippen LogP contribution in [0.15, 0.2) is 12.1 Å². The summed E-state index contributed by atoms with van der Waals surface area (Å²) in [6.07, 6.45) is 0.981. The first-order valence-electron chi connectivity index (χ1n) is 3.98. The molecule has 0 saturated carbocycles. The third-order valence-corrected chi connectivity index (χ3v) is 2.77. The molecule has 0 radical (unpaired) electrons. The van der Waals surface area contributed by atoms with E-state index in [4.69, 9.17) is 5.73 Å². The summed E-state index contributed by atoms with van der Waals surface area (Å²) in [5, 5.41) is 0. The van der Waals surface area contributed by atoms with Crippen LogP contribution in [0.3, 0.4) is 0 Å². The summed E-state index contributed by atoms with van der Waals surface area (Å²) >= 11 is 1.55. The van der Waals surface area contributed by atoms with Crippen molar-refractivity contribution in [2.75, 3.05) is 0 Å². The molecular formula is C9H12N2OS. The Bertz CT molecular complexity index is 330. The lowest BCUT2D eigenvalue weighted by molar-refractivity contribution is -0.117. The number of hydrogen-bond donors (Lipinski definition) is 1. The van der Waals surface area contributed by atoms with Crippen LogP contribution < -0.4 is 5.73 Å². The molecule has 0 bridgehead atoms. The first kappa shape index (κ1) is 9.92. The van der Waals surface area contributed by atoms with Gasteiger partial charge in [0.15, 0.2) is 0 Å². The fraction of sp³-hybridized carbons (Fsp3) is 0.333. The molecule has 0 aliphatic rings. The first-order chi connectivity index (χ1) is 6.11. The number of carbonyl (C=O) groups is 1. The molecule has 70 valence electrons. The number of thiazole rings is 1. The van der Waals surface area contributed by atoms with Crippen LogP contribution >= 0.6 is 11.3 Å². The zero-order chi connectivity index (χ0) is 9.84. The zero-order valence-corrected chi connectivity index (χ0v) is 8.36. The second-order valence-corrected chi connectivity index (χ2v) is 3.69. The van der Waals surface area contributed by atoms with E-state index in [1.807, 2.05) is 6.92 Å². The predicted molar refractivity (Wildman–Crippen MR) is 54.3 cm³/mol. The highest BCUT2D eigenvalue weighted by molar-refractivity contribution is 7.10. The van der Waals surface area contributed by atoms with Gasteiger partial charge in [0.2, 0.25) is 5.91 Å². The third kappa shape index (κ3) is 2.66. The number of primary amides is 1. The molecular weight excluding hydrogens is 184 g/mol. The minimum atomic E-state index is -0.289. The van der Waals surface area contributed by atoms with E-state index in [0.717, 1.165) is 16.1 Å². The maximum atomic E-state index is 10.5. The number of rotatable bonds is 4. The highest BCUT2D eigenvalue weighted by atomic mass is 32.1. The SMILES string of the molecule is C=C(CCC(N)=O)c1scnc1C. The van der Waals surface area contributed by atoms with Gasteiger partial charge in [-0.3, -0.25) is 4.79 Å². The molecule has 3 nitrogen and oxygen atoms in total. The van der Waals surface area contributed by atoms with Crippen molar-refractivity contribution in [3.05, 3.63) is 22.7 Å². The molecule has 0 saturated heterocycles. The van der Waals surface area contributed by atoms with Crippen molar-refractivity contribution in [1.82, 2.24) is 4.98 Å². The Hall–Kier alpha value is -1.16. The van der Waals surface area contributed by atoms with Crippen molar-refractivity contribution < 1.29 is 4.79 Å². The smallest absolute Gasteiger partial charge is 0.217 e. The summed E-state index contributed by atoms with van der Waals surface area (Å²) in [6.45, 7) is 5.82. The predicted octanol–water partition coefficient (Wildman–Crippen LogP) is 1.73. The quantitative estimate of drug-likeness (QED) is 0.797. The van der Waals surface area contributed by atoms with Gasteiger partial charge in [0, 0.05) is 6.42 Å². The van der Waals surface area contributed by atoms with Crippen LogP contribution in [0.5, 0.6) is 0 Å². The van der Waals surface area contributed by atoms with Gasteiger partial charge in [0.05, 0.1) is 16.1 Å². The van der Waals surface area contributed by atoms with Gasteiger partial charge in [0.1, 0.15) is 0 Å². The maximum absolute atomic E-state index is 10.5. The summed E-state index contributed by atoms with van der Waals surface area (Å²) in [4.78, 5) is 15.7. The largest absolute Gasteiger partial charge is 0.370 e. The summed E-state index contributed by atoms with van der Waals surface area (Å²) in [5.74, 6) is -0.289. The van der Waals surface area contributed by atoms with E-state index in [1.165, 1.54) is 0 Å². The molecule has 0 aliphatic carbocycles. The fourth-order valence-electron chi connectivity index (χ4n) is 1.03. The van der Waals surface area contributed by atoms with Crippen LogP contribution in [-0.4, -0.2) is 10.9 Å². The molecule has 0 atom stereocenters. The van der Waals surface area contributed by atoms with E-state index in [0.29, 0.717) is 12.8 Å². The molecule has 2 N–H and O–H groups in total. The molecule has 0 unspecified atom stereocenters. The summed E-state index contributed by atoms with van der Waals surface area (Å²) in [6, 6.07) is 0. The lowest BCUT2D eigenvalue weighted by Gasteiger charge is -2.01. The Morgan fingerprint density at radius 1 is 1.69 bits per heavy atom.